The van der Waals surface area contributed by atoms with Crippen LogP contribution in [0.5, 0.6) is 0 Å². The van der Waals surface area contributed by atoms with Crippen LogP contribution in [0.3, 0.4) is 0 Å². The van der Waals surface area contributed by atoms with Crippen LogP contribution in [0.1, 0.15) is 68.1 Å². The second kappa shape index (κ2) is 13.3. The molecular weight excluding hydrogens is 488 g/mol. The van der Waals surface area contributed by atoms with E-state index in [9.17, 15) is 19.8 Å². The van der Waals surface area contributed by atoms with Crippen molar-refractivity contribution in [3.63, 3.8) is 0 Å². The molecular formula is C29H38N2O7. The molecule has 0 radical (unpaired) electrons. The highest BCUT2D eigenvalue weighted by molar-refractivity contribution is 5.90. The van der Waals surface area contributed by atoms with Crippen LogP contribution in [0.2, 0.25) is 0 Å². The van der Waals surface area contributed by atoms with E-state index in [4.69, 9.17) is 14.6 Å². The maximum atomic E-state index is 12.1. The van der Waals surface area contributed by atoms with Gasteiger partial charge in [0.2, 0.25) is 5.91 Å². The van der Waals surface area contributed by atoms with Gasteiger partial charge < -0.3 is 30.1 Å². The van der Waals surface area contributed by atoms with Crippen LogP contribution in [0.4, 0.5) is 5.69 Å². The van der Waals surface area contributed by atoms with Gasteiger partial charge in [0.05, 0.1) is 25.4 Å². The molecule has 9 heteroatoms. The van der Waals surface area contributed by atoms with Crippen molar-refractivity contribution in [1.82, 2.24) is 4.90 Å². The van der Waals surface area contributed by atoms with Gasteiger partial charge in [0.1, 0.15) is 0 Å². The molecule has 2 heterocycles. The van der Waals surface area contributed by atoms with E-state index in [1.54, 1.807) is 12.1 Å². The lowest BCUT2D eigenvalue weighted by atomic mass is 9.90. The number of nitrogens with one attached hydrogen (secondary N) is 1. The second-order valence-corrected chi connectivity index (χ2v) is 10.2. The van der Waals surface area contributed by atoms with E-state index >= 15 is 0 Å². The Morgan fingerprint density at radius 2 is 1.71 bits per heavy atom. The normalized spacial score (nSPS) is 25.8. The van der Waals surface area contributed by atoms with Crippen molar-refractivity contribution in [1.29, 1.82) is 0 Å². The summed E-state index contributed by atoms with van der Waals surface area (Å²) in [5.41, 5.74) is 3.29. The Balaban J connectivity index is 1.49. The SMILES string of the molecule is C[C@H]1[C@@H](CN2CCC[C@H]2CO)O[C@@H](c2ccc(NC(=O)CCCC(=O)O)cc2)O[C@H]1c1ccc(CO)cc1. The number of amides is 1. The molecule has 0 aromatic heterocycles. The topological polar surface area (TPSA) is 129 Å². The van der Waals surface area contributed by atoms with E-state index in [2.05, 4.69) is 17.1 Å². The molecule has 0 saturated carbocycles. The van der Waals surface area contributed by atoms with E-state index in [1.807, 2.05) is 36.4 Å². The van der Waals surface area contributed by atoms with Crippen molar-refractivity contribution in [3.05, 3.63) is 65.2 Å². The summed E-state index contributed by atoms with van der Waals surface area (Å²) in [7, 11) is 0. The largest absolute Gasteiger partial charge is 0.481 e. The molecule has 2 aromatic carbocycles. The summed E-state index contributed by atoms with van der Waals surface area (Å²) in [4.78, 5) is 25.1. The number of hydrogen-bond donors (Lipinski definition) is 4. The molecule has 2 fully saturated rings. The number of ether oxygens (including phenoxy) is 2. The summed E-state index contributed by atoms with van der Waals surface area (Å²) in [6.07, 6.45) is 1.46. The lowest BCUT2D eigenvalue weighted by Gasteiger charge is -2.43. The number of carboxylic acid groups (broad SMARTS) is 1. The molecule has 0 bridgehead atoms. The fourth-order valence-electron chi connectivity index (χ4n) is 5.25. The van der Waals surface area contributed by atoms with Gasteiger partial charge in [-0.05, 0) is 49.1 Å². The van der Waals surface area contributed by atoms with E-state index < -0.39 is 12.3 Å². The van der Waals surface area contributed by atoms with E-state index in [0.29, 0.717) is 12.2 Å². The predicted octanol–water partition coefficient (Wildman–Crippen LogP) is 3.62. The van der Waals surface area contributed by atoms with Crippen LogP contribution >= 0.6 is 0 Å². The van der Waals surface area contributed by atoms with Crippen LogP contribution in [0.15, 0.2) is 48.5 Å². The highest BCUT2D eigenvalue weighted by Gasteiger charge is 2.40. The summed E-state index contributed by atoms with van der Waals surface area (Å²) in [5.74, 6) is -1.09. The lowest BCUT2D eigenvalue weighted by molar-refractivity contribution is -0.276. The fourth-order valence-corrected chi connectivity index (χ4v) is 5.25. The minimum absolute atomic E-state index is 0.0182. The maximum absolute atomic E-state index is 12.1. The number of rotatable bonds is 11. The van der Waals surface area contributed by atoms with Crippen molar-refractivity contribution >= 4 is 17.6 Å². The molecule has 0 aliphatic carbocycles. The number of carbonyl (C=O) groups is 2. The van der Waals surface area contributed by atoms with Gasteiger partial charge in [0, 0.05) is 42.6 Å². The van der Waals surface area contributed by atoms with E-state index in [1.165, 1.54) is 0 Å². The third-order valence-corrected chi connectivity index (χ3v) is 7.51. The Morgan fingerprint density at radius 1 is 1.00 bits per heavy atom. The number of anilines is 1. The highest BCUT2D eigenvalue weighted by atomic mass is 16.7. The summed E-state index contributed by atoms with van der Waals surface area (Å²) in [6, 6.07) is 15.2. The van der Waals surface area contributed by atoms with Gasteiger partial charge in [0.15, 0.2) is 6.29 Å². The molecule has 4 N–H and O–H groups in total. The van der Waals surface area contributed by atoms with Gasteiger partial charge in [-0.25, -0.2) is 0 Å². The number of aliphatic hydroxyl groups excluding tert-OH is 2. The molecule has 4 rings (SSSR count). The molecule has 0 spiro atoms. The average molecular weight is 527 g/mol. The lowest BCUT2D eigenvalue weighted by Crippen LogP contribution is -2.46. The van der Waals surface area contributed by atoms with Crippen LogP contribution in [-0.2, 0) is 25.7 Å². The monoisotopic (exact) mass is 526 g/mol. The maximum Gasteiger partial charge on any atom is 0.303 e. The summed E-state index contributed by atoms with van der Waals surface area (Å²) < 4.78 is 13.0. The minimum atomic E-state index is -0.915. The first-order chi connectivity index (χ1) is 18.4. The van der Waals surface area contributed by atoms with Gasteiger partial charge in [-0.2, -0.15) is 0 Å². The van der Waals surface area contributed by atoms with Crippen molar-refractivity contribution in [2.75, 3.05) is 25.0 Å². The van der Waals surface area contributed by atoms with Crippen molar-refractivity contribution < 1.29 is 34.4 Å². The molecule has 206 valence electrons. The van der Waals surface area contributed by atoms with Crippen LogP contribution in [0, 0.1) is 5.92 Å². The molecule has 2 aliphatic rings. The van der Waals surface area contributed by atoms with E-state index in [-0.39, 0.29) is 62.6 Å². The Hall–Kier alpha value is -2.82. The Morgan fingerprint density at radius 3 is 2.37 bits per heavy atom. The zero-order valence-electron chi connectivity index (χ0n) is 21.8. The highest BCUT2D eigenvalue weighted by Crippen LogP contribution is 2.42. The van der Waals surface area contributed by atoms with Gasteiger partial charge in [-0.3, -0.25) is 14.5 Å². The molecule has 2 aliphatic heterocycles. The van der Waals surface area contributed by atoms with Crippen molar-refractivity contribution in [2.45, 2.75) is 70.2 Å². The number of likely N-dealkylation sites (tertiary alicyclic amines) is 1. The van der Waals surface area contributed by atoms with Gasteiger partial charge in [-0.15, -0.1) is 0 Å². The molecule has 1 amide bonds. The minimum Gasteiger partial charge on any atom is -0.481 e. The third-order valence-electron chi connectivity index (χ3n) is 7.51. The van der Waals surface area contributed by atoms with Gasteiger partial charge >= 0.3 is 5.97 Å². The van der Waals surface area contributed by atoms with Crippen LogP contribution in [0.25, 0.3) is 0 Å². The molecule has 2 saturated heterocycles. The van der Waals surface area contributed by atoms with Crippen LogP contribution < -0.4 is 5.32 Å². The zero-order chi connectivity index (χ0) is 27.1. The molecule has 9 nitrogen and oxygen atoms in total. The Labute approximate surface area is 223 Å². The first-order valence-corrected chi connectivity index (χ1v) is 13.3. The Bertz CT molecular complexity index is 1060. The van der Waals surface area contributed by atoms with Gasteiger partial charge in [-0.1, -0.05) is 43.3 Å². The van der Waals surface area contributed by atoms with Crippen molar-refractivity contribution in [2.24, 2.45) is 5.92 Å². The third kappa shape index (κ3) is 7.18. The predicted molar refractivity (Wildman–Crippen MR) is 141 cm³/mol. The summed E-state index contributed by atoms with van der Waals surface area (Å²) >= 11 is 0. The molecule has 2 aromatic rings. The molecule has 5 atom stereocenters. The van der Waals surface area contributed by atoms with Crippen LogP contribution in [-0.4, -0.2) is 63.9 Å². The Kier molecular flexibility index (Phi) is 9.87. The number of aliphatic hydroxyl groups is 2. The number of aliphatic carboxylic acids is 1. The smallest absolute Gasteiger partial charge is 0.303 e. The van der Waals surface area contributed by atoms with E-state index in [0.717, 1.165) is 36.1 Å². The molecule has 38 heavy (non-hydrogen) atoms. The zero-order valence-corrected chi connectivity index (χ0v) is 21.8. The van der Waals surface area contributed by atoms with Gasteiger partial charge in [0.25, 0.3) is 0 Å². The number of nitrogens with zero attached hydrogens (tertiary/aromatic N) is 1. The first-order valence-electron chi connectivity index (χ1n) is 13.3. The second-order valence-electron chi connectivity index (χ2n) is 10.2. The number of carbonyl (C=O) groups excluding carboxylic acids is 1. The average Bonchev–Trinajstić information content (AvgIpc) is 3.37. The standard InChI is InChI=1S/C29H38N2O7/c1-19-25(16-31-15-3-4-24(31)18-33)37-29(38-28(19)21-9-7-20(17-32)8-10-21)22-11-13-23(14-12-22)30-26(34)5-2-6-27(35)36/h7-14,19,24-25,28-29,32-33H,2-6,15-18H2,1H3,(H,30,34)(H,35,36)/t19-,24-,25+,28+,29+/m0/s1. The van der Waals surface area contributed by atoms with Crippen molar-refractivity contribution in [3.8, 4) is 0 Å². The number of hydrogen-bond acceptors (Lipinski definition) is 7. The molecule has 0 unspecified atom stereocenters. The summed E-state index contributed by atoms with van der Waals surface area (Å²) in [6.45, 7) is 3.87. The number of carboxylic acids is 1. The quantitative estimate of drug-likeness (QED) is 0.350. The first kappa shape index (κ1) is 28.2. The summed E-state index contributed by atoms with van der Waals surface area (Å²) in [5, 5.41) is 30.8. The number of benzene rings is 2. The fraction of sp³-hybridized carbons (Fsp3) is 0.517.